The van der Waals surface area contributed by atoms with Gasteiger partial charge in [-0.2, -0.15) is 0 Å². The van der Waals surface area contributed by atoms with E-state index in [1.165, 1.54) is 0 Å². The van der Waals surface area contributed by atoms with Crippen LogP contribution in [-0.4, -0.2) is 10.9 Å². The van der Waals surface area contributed by atoms with Crippen LogP contribution in [0.4, 0.5) is 5.69 Å². The summed E-state index contributed by atoms with van der Waals surface area (Å²) in [5, 5.41) is 2.84. The Hall–Kier alpha value is -3.18. The number of aromatic nitrogens is 1. The van der Waals surface area contributed by atoms with Gasteiger partial charge >= 0.3 is 0 Å². The molecule has 0 aliphatic rings. The monoisotopic (exact) mass is 319 g/mol. The third-order valence-electron chi connectivity index (χ3n) is 3.38. The number of ether oxygens (including phenoxy) is 1. The van der Waals surface area contributed by atoms with Crippen molar-refractivity contribution in [3.05, 3.63) is 84.2 Å². The number of nitrogens with one attached hydrogen (secondary N) is 1. The van der Waals surface area contributed by atoms with Crippen molar-refractivity contribution in [1.82, 2.24) is 4.98 Å². The van der Waals surface area contributed by atoms with Crippen molar-refractivity contribution < 1.29 is 9.53 Å². The lowest BCUT2D eigenvalue weighted by molar-refractivity contribution is 0.102. The molecule has 0 saturated heterocycles. The molecule has 120 valence electrons. The fraction of sp³-hybridized carbons (Fsp3) is 0.0526. The molecule has 3 N–H and O–H groups in total. The van der Waals surface area contributed by atoms with Gasteiger partial charge in [-0.1, -0.05) is 18.2 Å². The average Bonchev–Trinajstić information content (AvgIpc) is 2.64. The van der Waals surface area contributed by atoms with Crippen LogP contribution in [0.3, 0.4) is 0 Å². The summed E-state index contributed by atoms with van der Waals surface area (Å²) in [6.45, 7) is 0.298. The van der Waals surface area contributed by atoms with E-state index in [-0.39, 0.29) is 5.91 Å². The number of nitrogens with zero attached hydrogens (tertiary/aromatic N) is 1. The lowest BCUT2D eigenvalue weighted by Crippen LogP contribution is -2.13. The standard InChI is InChI=1S/C19H17N3O2/c20-13-16-12-14(10-11-21-16)19(23)22-15-6-8-18(9-7-15)24-17-4-2-1-3-5-17/h1-12H,13,20H2,(H,22,23). The molecule has 1 aromatic heterocycles. The lowest BCUT2D eigenvalue weighted by Gasteiger charge is -2.08. The van der Waals surface area contributed by atoms with Crippen LogP contribution in [0.5, 0.6) is 11.5 Å². The van der Waals surface area contributed by atoms with Crippen LogP contribution in [0.15, 0.2) is 72.9 Å². The highest BCUT2D eigenvalue weighted by molar-refractivity contribution is 6.04. The van der Waals surface area contributed by atoms with Crippen molar-refractivity contribution in [2.45, 2.75) is 6.54 Å². The van der Waals surface area contributed by atoms with Gasteiger partial charge in [0.2, 0.25) is 0 Å². The van der Waals surface area contributed by atoms with Crippen molar-refractivity contribution >= 4 is 11.6 Å². The van der Waals surface area contributed by atoms with Gasteiger partial charge in [0.05, 0.1) is 5.69 Å². The van der Waals surface area contributed by atoms with Gasteiger partial charge in [-0.3, -0.25) is 9.78 Å². The number of carbonyl (C=O) groups excluding carboxylic acids is 1. The Kier molecular flexibility index (Phi) is 4.84. The van der Waals surface area contributed by atoms with Gasteiger partial charge in [-0.05, 0) is 48.5 Å². The largest absolute Gasteiger partial charge is 0.457 e. The molecular formula is C19H17N3O2. The van der Waals surface area contributed by atoms with E-state index in [4.69, 9.17) is 10.5 Å². The minimum Gasteiger partial charge on any atom is -0.457 e. The quantitative estimate of drug-likeness (QED) is 0.753. The van der Waals surface area contributed by atoms with Gasteiger partial charge in [-0.15, -0.1) is 0 Å². The summed E-state index contributed by atoms with van der Waals surface area (Å²) in [7, 11) is 0. The lowest BCUT2D eigenvalue weighted by atomic mass is 10.2. The Morgan fingerprint density at radius 2 is 1.71 bits per heavy atom. The van der Waals surface area contributed by atoms with Gasteiger partial charge < -0.3 is 15.8 Å². The number of anilines is 1. The number of hydrogen-bond acceptors (Lipinski definition) is 4. The van der Waals surface area contributed by atoms with Crippen LogP contribution in [-0.2, 0) is 6.54 Å². The Morgan fingerprint density at radius 3 is 2.42 bits per heavy atom. The van der Waals surface area contributed by atoms with Crippen molar-refractivity contribution in [1.29, 1.82) is 0 Å². The van der Waals surface area contributed by atoms with Gasteiger partial charge in [0.25, 0.3) is 5.91 Å². The highest BCUT2D eigenvalue weighted by Gasteiger charge is 2.07. The highest BCUT2D eigenvalue weighted by atomic mass is 16.5. The molecule has 5 heteroatoms. The van der Waals surface area contributed by atoms with Gasteiger partial charge in [0.15, 0.2) is 0 Å². The van der Waals surface area contributed by atoms with E-state index in [1.54, 1.807) is 42.6 Å². The molecule has 0 unspecified atom stereocenters. The van der Waals surface area contributed by atoms with Gasteiger partial charge in [0, 0.05) is 24.0 Å². The maximum atomic E-state index is 12.2. The number of nitrogens with two attached hydrogens (primary N) is 1. The molecule has 3 aromatic rings. The zero-order valence-corrected chi connectivity index (χ0v) is 13.0. The predicted molar refractivity (Wildman–Crippen MR) is 93.0 cm³/mol. The summed E-state index contributed by atoms with van der Waals surface area (Å²) < 4.78 is 5.72. The van der Waals surface area contributed by atoms with Crippen LogP contribution in [0.2, 0.25) is 0 Å². The van der Waals surface area contributed by atoms with Crippen LogP contribution >= 0.6 is 0 Å². The van der Waals surface area contributed by atoms with E-state index in [1.807, 2.05) is 30.3 Å². The normalized spacial score (nSPS) is 10.2. The first kappa shape index (κ1) is 15.7. The van der Waals surface area contributed by atoms with Crippen LogP contribution in [0, 0.1) is 0 Å². The number of pyridine rings is 1. The zero-order chi connectivity index (χ0) is 16.8. The van der Waals surface area contributed by atoms with Gasteiger partial charge in [0.1, 0.15) is 11.5 Å². The molecule has 0 bridgehead atoms. The number of hydrogen-bond donors (Lipinski definition) is 2. The minimum absolute atomic E-state index is 0.205. The Balaban J connectivity index is 1.66. The number of amides is 1. The fourth-order valence-electron chi connectivity index (χ4n) is 2.17. The third-order valence-corrected chi connectivity index (χ3v) is 3.38. The topological polar surface area (TPSA) is 77.2 Å². The molecule has 24 heavy (non-hydrogen) atoms. The molecular weight excluding hydrogens is 302 g/mol. The zero-order valence-electron chi connectivity index (χ0n) is 13.0. The molecule has 0 saturated carbocycles. The first-order valence-electron chi connectivity index (χ1n) is 7.54. The summed E-state index contributed by atoms with van der Waals surface area (Å²) in [6, 6.07) is 20.1. The van der Waals surface area contributed by atoms with E-state index >= 15 is 0 Å². The summed E-state index contributed by atoms with van der Waals surface area (Å²) in [4.78, 5) is 16.3. The second kappa shape index (κ2) is 7.39. The molecule has 1 heterocycles. The van der Waals surface area contributed by atoms with E-state index in [2.05, 4.69) is 10.3 Å². The van der Waals surface area contributed by atoms with Crippen molar-refractivity contribution in [3.63, 3.8) is 0 Å². The smallest absolute Gasteiger partial charge is 0.255 e. The molecule has 0 radical (unpaired) electrons. The maximum absolute atomic E-state index is 12.2. The molecule has 0 aliphatic heterocycles. The molecule has 0 spiro atoms. The third kappa shape index (κ3) is 3.97. The fourth-order valence-corrected chi connectivity index (χ4v) is 2.17. The van der Waals surface area contributed by atoms with Crippen LogP contribution in [0.1, 0.15) is 16.1 Å². The van der Waals surface area contributed by atoms with E-state index < -0.39 is 0 Å². The number of rotatable bonds is 5. The van der Waals surface area contributed by atoms with E-state index in [0.717, 1.165) is 5.75 Å². The number of carbonyl (C=O) groups is 1. The minimum atomic E-state index is -0.205. The summed E-state index contributed by atoms with van der Waals surface area (Å²) >= 11 is 0. The predicted octanol–water partition coefficient (Wildman–Crippen LogP) is 3.58. The summed E-state index contributed by atoms with van der Waals surface area (Å²) in [6.07, 6.45) is 1.58. The maximum Gasteiger partial charge on any atom is 0.255 e. The van der Waals surface area contributed by atoms with Crippen molar-refractivity contribution in [2.24, 2.45) is 5.73 Å². The first-order chi connectivity index (χ1) is 11.7. The van der Waals surface area contributed by atoms with E-state index in [9.17, 15) is 4.79 Å². The average molecular weight is 319 g/mol. The molecule has 0 atom stereocenters. The number of benzene rings is 2. The van der Waals surface area contributed by atoms with Crippen molar-refractivity contribution in [2.75, 3.05) is 5.32 Å². The molecule has 1 amide bonds. The molecule has 0 fully saturated rings. The molecule has 5 nitrogen and oxygen atoms in total. The second-order valence-electron chi connectivity index (χ2n) is 5.13. The molecule has 0 aliphatic carbocycles. The second-order valence-corrected chi connectivity index (χ2v) is 5.13. The Labute approximate surface area is 140 Å². The number of para-hydroxylation sites is 1. The van der Waals surface area contributed by atoms with Crippen LogP contribution < -0.4 is 15.8 Å². The van der Waals surface area contributed by atoms with Crippen LogP contribution in [0.25, 0.3) is 0 Å². The van der Waals surface area contributed by atoms with E-state index in [0.29, 0.717) is 29.2 Å². The SMILES string of the molecule is NCc1cc(C(=O)Nc2ccc(Oc3ccccc3)cc2)ccn1. The Bertz CT molecular complexity index is 818. The Morgan fingerprint density at radius 1 is 1.00 bits per heavy atom. The van der Waals surface area contributed by atoms with Gasteiger partial charge in [-0.25, -0.2) is 0 Å². The molecule has 3 rings (SSSR count). The summed E-state index contributed by atoms with van der Waals surface area (Å²) in [5.74, 6) is 1.26. The van der Waals surface area contributed by atoms with Crippen molar-refractivity contribution in [3.8, 4) is 11.5 Å². The molecule has 2 aromatic carbocycles. The summed E-state index contributed by atoms with van der Waals surface area (Å²) in [5.41, 5.74) is 7.43. The first-order valence-corrected chi connectivity index (χ1v) is 7.54. The highest BCUT2D eigenvalue weighted by Crippen LogP contribution is 2.22.